The number of rotatable bonds is 4. The molecule has 11 heteroatoms. The molecule has 1 aliphatic heterocycles. The highest BCUT2D eigenvalue weighted by atomic mass is 16.5. The molecule has 1 N–H and O–H groups in total. The third-order valence-corrected chi connectivity index (χ3v) is 4.30. The summed E-state index contributed by atoms with van der Waals surface area (Å²) >= 11 is 0. The molecular formula is C17H18N8O3. The fraction of sp³-hybridized carbons (Fsp3) is 0.353. The smallest absolute Gasteiger partial charge is 0.272 e. The SMILES string of the molecule is C[C@@H](NC(=O)c1ccc2nnc(-c3ncccn3)n2n1)C(=O)N1CCOCC1. The highest BCUT2D eigenvalue weighted by Crippen LogP contribution is 2.12. The van der Waals surface area contributed by atoms with Crippen LogP contribution < -0.4 is 5.32 Å². The Hall–Kier alpha value is -3.47. The summed E-state index contributed by atoms with van der Waals surface area (Å²) in [5, 5.41) is 15.0. The predicted molar refractivity (Wildman–Crippen MR) is 96.1 cm³/mol. The van der Waals surface area contributed by atoms with E-state index >= 15 is 0 Å². The van der Waals surface area contributed by atoms with Crippen LogP contribution in [0.3, 0.4) is 0 Å². The van der Waals surface area contributed by atoms with Gasteiger partial charge in [-0.1, -0.05) is 0 Å². The van der Waals surface area contributed by atoms with Crippen molar-refractivity contribution < 1.29 is 14.3 Å². The van der Waals surface area contributed by atoms with Crippen molar-refractivity contribution in [3.05, 3.63) is 36.3 Å². The fourth-order valence-corrected chi connectivity index (χ4v) is 2.85. The zero-order valence-corrected chi connectivity index (χ0v) is 15.1. The Labute approximate surface area is 159 Å². The van der Waals surface area contributed by atoms with E-state index in [1.807, 2.05) is 0 Å². The lowest BCUT2D eigenvalue weighted by Crippen LogP contribution is -2.50. The quantitative estimate of drug-likeness (QED) is 0.643. The van der Waals surface area contributed by atoms with Crippen molar-refractivity contribution >= 4 is 17.5 Å². The zero-order valence-electron chi connectivity index (χ0n) is 15.1. The molecule has 144 valence electrons. The summed E-state index contributed by atoms with van der Waals surface area (Å²) in [5.41, 5.74) is 0.586. The van der Waals surface area contributed by atoms with Crippen molar-refractivity contribution in [2.75, 3.05) is 26.3 Å². The second-order valence-corrected chi connectivity index (χ2v) is 6.22. The molecule has 11 nitrogen and oxygen atoms in total. The number of nitrogens with one attached hydrogen (secondary N) is 1. The summed E-state index contributed by atoms with van der Waals surface area (Å²) < 4.78 is 6.65. The lowest BCUT2D eigenvalue weighted by molar-refractivity contribution is -0.136. The fourth-order valence-electron chi connectivity index (χ4n) is 2.85. The van der Waals surface area contributed by atoms with Gasteiger partial charge in [-0.3, -0.25) is 9.59 Å². The summed E-state index contributed by atoms with van der Waals surface area (Å²) in [6, 6.07) is 4.16. The Kier molecular flexibility index (Phi) is 4.89. The molecule has 3 aromatic heterocycles. The van der Waals surface area contributed by atoms with Crippen LogP contribution in [0.5, 0.6) is 0 Å². The Balaban J connectivity index is 1.53. The van der Waals surface area contributed by atoms with Crippen LogP contribution in [0.25, 0.3) is 17.3 Å². The van der Waals surface area contributed by atoms with Crippen molar-refractivity contribution in [1.29, 1.82) is 0 Å². The van der Waals surface area contributed by atoms with E-state index in [0.717, 1.165) is 0 Å². The largest absolute Gasteiger partial charge is 0.378 e. The van der Waals surface area contributed by atoms with E-state index in [2.05, 4.69) is 30.6 Å². The van der Waals surface area contributed by atoms with Crippen LogP contribution >= 0.6 is 0 Å². The number of ether oxygens (including phenoxy) is 1. The van der Waals surface area contributed by atoms with Crippen molar-refractivity contribution in [1.82, 2.24) is 40.0 Å². The number of amides is 2. The zero-order chi connectivity index (χ0) is 19.5. The molecule has 0 aromatic carbocycles. The van der Waals surface area contributed by atoms with E-state index in [1.54, 1.807) is 36.4 Å². The number of nitrogens with zero attached hydrogens (tertiary/aromatic N) is 7. The molecule has 1 fully saturated rings. The molecule has 3 aromatic rings. The minimum Gasteiger partial charge on any atom is -0.378 e. The molecule has 0 bridgehead atoms. The minimum absolute atomic E-state index is 0.131. The molecule has 28 heavy (non-hydrogen) atoms. The molecule has 1 aliphatic rings. The van der Waals surface area contributed by atoms with Crippen LogP contribution in [0.15, 0.2) is 30.6 Å². The molecule has 0 aliphatic carbocycles. The first kappa shape index (κ1) is 17.9. The van der Waals surface area contributed by atoms with Crippen molar-refractivity contribution in [3.63, 3.8) is 0 Å². The molecule has 0 unspecified atom stereocenters. The molecule has 2 amide bonds. The second kappa shape index (κ2) is 7.64. The number of aromatic nitrogens is 6. The van der Waals surface area contributed by atoms with E-state index in [-0.39, 0.29) is 11.6 Å². The van der Waals surface area contributed by atoms with Crippen molar-refractivity contribution in [3.8, 4) is 11.6 Å². The molecular weight excluding hydrogens is 364 g/mol. The van der Waals surface area contributed by atoms with Gasteiger partial charge >= 0.3 is 0 Å². The first-order valence-corrected chi connectivity index (χ1v) is 8.81. The maximum atomic E-state index is 12.6. The molecule has 1 atom stereocenters. The maximum Gasteiger partial charge on any atom is 0.272 e. The van der Waals surface area contributed by atoms with E-state index < -0.39 is 11.9 Å². The van der Waals surface area contributed by atoms with Crippen LogP contribution in [0.1, 0.15) is 17.4 Å². The van der Waals surface area contributed by atoms with Crippen molar-refractivity contribution in [2.45, 2.75) is 13.0 Å². The number of carbonyl (C=O) groups excluding carboxylic acids is 2. The molecule has 0 saturated carbocycles. The summed E-state index contributed by atoms with van der Waals surface area (Å²) in [6.07, 6.45) is 3.16. The molecule has 4 rings (SSSR count). The van der Waals surface area contributed by atoms with Gasteiger partial charge in [-0.15, -0.1) is 10.2 Å². The van der Waals surface area contributed by atoms with Gasteiger partial charge in [-0.25, -0.2) is 9.97 Å². The van der Waals surface area contributed by atoms with Gasteiger partial charge in [0, 0.05) is 25.5 Å². The minimum atomic E-state index is -0.680. The number of carbonyl (C=O) groups is 2. The van der Waals surface area contributed by atoms with Gasteiger partial charge in [-0.05, 0) is 25.1 Å². The monoisotopic (exact) mass is 382 g/mol. The van der Waals surface area contributed by atoms with Gasteiger partial charge in [0.05, 0.1) is 13.2 Å². The highest BCUT2D eigenvalue weighted by Gasteiger charge is 2.25. The first-order chi connectivity index (χ1) is 13.6. The normalized spacial score (nSPS) is 15.4. The van der Waals surface area contributed by atoms with Crippen molar-refractivity contribution in [2.24, 2.45) is 0 Å². The molecule has 0 spiro atoms. The average molecular weight is 382 g/mol. The molecule has 1 saturated heterocycles. The second-order valence-electron chi connectivity index (χ2n) is 6.22. The molecule has 4 heterocycles. The van der Waals surface area contributed by atoms with Crippen LogP contribution in [0, 0.1) is 0 Å². The van der Waals surface area contributed by atoms with Gasteiger partial charge < -0.3 is 15.0 Å². The number of morpholine rings is 1. The third-order valence-electron chi connectivity index (χ3n) is 4.30. The summed E-state index contributed by atoms with van der Waals surface area (Å²) in [4.78, 5) is 35.0. The lowest BCUT2D eigenvalue weighted by atomic mass is 10.2. The Morgan fingerprint density at radius 1 is 1.14 bits per heavy atom. The van der Waals surface area contributed by atoms with E-state index in [9.17, 15) is 9.59 Å². The third kappa shape index (κ3) is 3.51. The van der Waals surface area contributed by atoms with E-state index in [1.165, 1.54) is 10.6 Å². The first-order valence-electron chi connectivity index (χ1n) is 8.81. The van der Waals surface area contributed by atoms with Gasteiger partial charge in [0.25, 0.3) is 5.91 Å². The van der Waals surface area contributed by atoms with Crippen LogP contribution in [0.2, 0.25) is 0 Å². The Bertz CT molecular complexity index is 1000. The number of hydrogen-bond acceptors (Lipinski definition) is 8. The maximum absolute atomic E-state index is 12.6. The molecule has 0 radical (unpaired) electrons. The van der Waals surface area contributed by atoms with Gasteiger partial charge in [0.2, 0.25) is 11.7 Å². The van der Waals surface area contributed by atoms with E-state index in [4.69, 9.17) is 4.74 Å². The topological polar surface area (TPSA) is 128 Å². The Morgan fingerprint density at radius 2 is 1.89 bits per heavy atom. The average Bonchev–Trinajstić information content (AvgIpc) is 3.17. The van der Waals surface area contributed by atoms with Gasteiger partial charge in [0.1, 0.15) is 11.7 Å². The number of fused-ring (bicyclic) bond motifs is 1. The van der Waals surface area contributed by atoms with E-state index in [0.29, 0.717) is 43.6 Å². The Morgan fingerprint density at radius 3 is 2.64 bits per heavy atom. The summed E-state index contributed by atoms with van der Waals surface area (Å²) in [5.74, 6) is 0.0450. The van der Waals surface area contributed by atoms with Crippen LogP contribution in [-0.4, -0.2) is 78.8 Å². The number of hydrogen-bond donors (Lipinski definition) is 1. The summed E-state index contributed by atoms with van der Waals surface area (Å²) in [7, 11) is 0. The summed E-state index contributed by atoms with van der Waals surface area (Å²) in [6.45, 7) is 3.69. The van der Waals surface area contributed by atoms with Gasteiger partial charge in [-0.2, -0.15) is 9.61 Å². The van der Waals surface area contributed by atoms with Crippen LogP contribution in [-0.2, 0) is 9.53 Å². The van der Waals surface area contributed by atoms with Crippen LogP contribution in [0.4, 0.5) is 0 Å². The van der Waals surface area contributed by atoms with Gasteiger partial charge in [0.15, 0.2) is 11.5 Å². The highest BCUT2D eigenvalue weighted by molar-refractivity contribution is 5.96. The standard InChI is InChI=1S/C17H18N8O3/c1-11(17(27)24-7-9-28-10-8-24)20-16(26)12-3-4-13-21-22-15(25(13)23-12)14-18-5-2-6-19-14/h2-6,11H,7-10H2,1H3,(H,20,26)/t11-/m1/s1. The predicted octanol–water partition coefficient (Wildman–Crippen LogP) is -0.442. The lowest BCUT2D eigenvalue weighted by Gasteiger charge is -2.29.